The average Bonchev–Trinajstić information content (AvgIpc) is 3.25. The van der Waals surface area contributed by atoms with E-state index < -0.39 is 0 Å². The fourth-order valence-corrected chi connectivity index (χ4v) is 3.93. The number of carbonyl (C=O) groups excluding carboxylic acids is 1. The second-order valence-electron chi connectivity index (χ2n) is 7.41. The Kier molecular flexibility index (Phi) is 5.47. The van der Waals surface area contributed by atoms with Crippen LogP contribution in [0.2, 0.25) is 0 Å². The van der Waals surface area contributed by atoms with Crippen molar-refractivity contribution in [1.29, 1.82) is 0 Å². The third-order valence-electron chi connectivity index (χ3n) is 5.44. The van der Waals surface area contributed by atoms with E-state index in [0.717, 1.165) is 37.6 Å². The van der Waals surface area contributed by atoms with E-state index in [-0.39, 0.29) is 6.03 Å². The molecule has 2 saturated heterocycles. The van der Waals surface area contributed by atoms with Crippen molar-refractivity contribution in [2.45, 2.75) is 32.1 Å². The molecule has 5 nitrogen and oxygen atoms in total. The van der Waals surface area contributed by atoms with Gasteiger partial charge in [0.25, 0.3) is 0 Å². The number of nitrogens with zero attached hydrogens (tertiary/aromatic N) is 2. The fourth-order valence-electron chi connectivity index (χ4n) is 3.93. The Hall–Kier alpha value is -2.69. The number of urea groups is 1. The van der Waals surface area contributed by atoms with Crippen LogP contribution in [0.3, 0.4) is 0 Å². The van der Waals surface area contributed by atoms with Crippen molar-refractivity contribution >= 4 is 28.8 Å². The van der Waals surface area contributed by atoms with E-state index in [9.17, 15) is 4.79 Å². The van der Waals surface area contributed by atoms with E-state index in [1.54, 1.807) is 0 Å². The lowest BCUT2D eigenvalue weighted by Gasteiger charge is -2.28. The molecule has 0 spiro atoms. The van der Waals surface area contributed by atoms with Gasteiger partial charge in [0.05, 0.1) is 0 Å². The zero-order valence-electron chi connectivity index (χ0n) is 15.8. The van der Waals surface area contributed by atoms with E-state index >= 15 is 0 Å². The van der Waals surface area contributed by atoms with E-state index in [2.05, 4.69) is 44.7 Å². The summed E-state index contributed by atoms with van der Waals surface area (Å²) in [6, 6.07) is 16.0. The summed E-state index contributed by atoms with van der Waals surface area (Å²) in [4.78, 5) is 17.1. The normalized spacial score (nSPS) is 17.0. The highest BCUT2D eigenvalue weighted by Crippen LogP contribution is 2.23. The van der Waals surface area contributed by atoms with Gasteiger partial charge < -0.3 is 20.4 Å². The van der Waals surface area contributed by atoms with Gasteiger partial charge in [0.1, 0.15) is 0 Å². The molecule has 0 aliphatic carbocycles. The number of amides is 2. The van der Waals surface area contributed by atoms with Crippen LogP contribution in [0.5, 0.6) is 0 Å². The predicted molar refractivity (Wildman–Crippen MR) is 113 cm³/mol. The lowest BCUT2D eigenvalue weighted by molar-refractivity contribution is 0.262. The number of hydrogen-bond donors (Lipinski definition) is 2. The molecule has 142 valence electrons. The minimum Gasteiger partial charge on any atom is -0.372 e. The Morgan fingerprint density at radius 2 is 0.963 bits per heavy atom. The smallest absolute Gasteiger partial charge is 0.323 e. The zero-order valence-corrected chi connectivity index (χ0v) is 15.8. The molecule has 2 aromatic rings. The third-order valence-corrected chi connectivity index (χ3v) is 5.44. The van der Waals surface area contributed by atoms with E-state index in [1.807, 2.05) is 24.3 Å². The monoisotopic (exact) mass is 364 g/mol. The van der Waals surface area contributed by atoms with E-state index in [4.69, 9.17) is 0 Å². The summed E-state index contributed by atoms with van der Waals surface area (Å²) in [5, 5.41) is 5.82. The molecular formula is C22H28N4O. The van der Waals surface area contributed by atoms with Crippen molar-refractivity contribution in [1.82, 2.24) is 0 Å². The number of hydrogen-bond acceptors (Lipinski definition) is 3. The van der Waals surface area contributed by atoms with Crippen LogP contribution < -0.4 is 20.4 Å². The lowest BCUT2D eigenvalue weighted by atomic mass is 10.1. The van der Waals surface area contributed by atoms with Gasteiger partial charge in [-0.2, -0.15) is 0 Å². The van der Waals surface area contributed by atoms with Crippen molar-refractivity contribution in [3.8, 4) is 0 Å². The maximum atomic E-state index is 12.3. The first-order valence-corrected chi connectivity index (χ1v) is 10.1. The standard InChI is InChI=1S/C22H28N4O/c27-22(24-19-8-12-21(13-9-19)26-16-4-5-17-26)23-18-6-10-20(11-7-18)25-14-2-1-3-15-25/h6-13H,1-5,14-17H2,(H2,23,24,27). The average molecular weight is 364 g/mol. The third kappa shape index (κ3) is 4.54. The summed E-state index contributed by atoms with van der Waals surface area (Å²) in [6.45, 7) is 4.50. The first-order valence-electron chi connectivity index (χ1n) is 10.1. The van der Waals surface area contributed by atoms with Crippen LogP contribution in [0, 0.1) is 0 Å². The Bertz CT molecular complexity index is 745. The quantitative estimate of drug-likeness (QED) is 0.809. The maximum Gasteiger partial charge on any atom is 0.323 e. The molecule has 27 heavy (non-hydrogen) atoms. The fraction of sp³-hybridized carbons (Fsp3) is 0.409. The van der Waals surface area contributed by atoms with Crippen LogP contribution in [0.25, 0.3) is 0 Å². The molecule has 2 fully saturated rings. The molecule has 2 N–H and O–H groups in total. The highest BCUT2D eigenvalue weighted by Gasteiger charge is 2.13. The molecule has 0 saturated carbocycles. The maximum absolute atomic E-state index is 12.3. The number of piperidine rings is 1. The molecule has 2 heterocycles. The van der Waals surface area contributed by atoms with E-state index in [1.165, 1.54) is 43.5 Å². The largest absolute Gasteiger partial charge is 0.372 e. The van der Waals surface area contributed by atoms with Gasteiger partial charge in [-0.25, -0.2) is 4.79 Å². The first kappa shape index (κ1) is 17.7. The molecule has 2 amide bonds. The lowest BCUT2D eigenvalue weighted by Crippen LogP contribution is -2.29. The topological polar surface area (TPSA) is 47.6 Å². The Morgan fingerprint density at radius 3 is 1.37 bits per heavy atom. The van der Waals surface area contributed by atoms with Gasteiger partial charge >= 0.3 is 6.03 Å². The number of rotatable bonds is 4. The summed E-state index contributed by atoms with van der Waals surface area (Å²) in [5.74, 6) is 0. The first-order chi connectivity index (χ1) is 13.3. The van der Waals surface area contributed by atoms with Crippen LogP contribution in [0.1, 0.15) is 32.1 Å². The van der Waals surface area contributed by atoms with Crippen molar-refractivity contribution in [2.24, 2.45) is 0 Å². The molecule has 0 aromatic heterocycles. The number of anilines is 4. The summed E-state index contributed by atoms with van der Waals surface area (Å²) >= 11 is 0. The number of carbonyl (C=O) groups is 1. The van der Waals surface area contributed by atoms with Crippen molar-refractivity contribution < 1.29 is 4.79 Å². The second-order valence-corrected chi connectivity index (χ2v) is 7.41. The Labute approximate surface area is 161 Å². The number of nitrogens with one attached hydrogen (secondary N) is 2. The molecule has 5 heteroatoms. The summed E-state index contributed by atoms with van der Waals surface area (Å²) in [7, 11) is 0. The van der Waals surface area contributed by atoms with Crippen molar-refractivity contribution in [2.75, 3.05) is 46.6 Å². The minimum absolute atomic E-state index is 0.213. The highest BCUT2D eigenvalue weighted by molar-refractivity contribution is 5.99. The highest BCUT2D eigenvalue weighted by atomic mass is 16.2. The van der Waals surface area contributed by atoms with Gasteiger partial charge in [0.15, 0.2) is 0 Å². The Balaban J connectivity index is 1.30. The van der Waals surface area contributed by atoms with Gasteiger partial charge in [-0.1, -0.05) is 0 Å². The van der Waals surface area contributed by atoms with Gasteiger partial charge in [0.2, 0.25) is 0 Å². The molecule has 2 aliphatic heterocycles. The van der Waals surface area contributed by atoms with Crippen LogP contribution in [-0.4, -0.2) is 32.2 Å². The molecule has 0 atom stereocenters. The van der Waals surface area contributed by atoms with Gasteiger partial charge in [-0.3, -0.25) is 0 Å². The summed E-state index contributed by atoms with van der Waals surface area (Å²) < 4.78 is 0. The zero-order chi connectivity index (χ0) is 18.5. The predicted octanol–water partition coefficient (Wildman–Crippen LogP) is 4.92. The van der Waals surface area contributed by atoms with E-state index in [0.29, 0.717) is 0 Å². The van der Waals surface area contributed by atoms with Gasteiger partial charge in [-0.15, -0.1) is 0 Å². The second kappa shape index (κ2) is 8.33. The number of benzene rings is 2. The molecule has 2 aliphatic rings. The van der Waals surface area contributed by atoms with Crippen LogP contribution in [0.4, 0.5) is 27.5 Å². The van der Waals surface area contributed by atoms with Crippen molar-refractivity contribution in [3.05, 3.63) is 48.5 Å². The molecular weight excluding hydrogens is 336 g/mol. The molecule has 4 rings (SSSR count). The SMILES string of the molecule is O=C(Nc1ccc(N2CCCCC2)cc1)Nc1ccc(N2CCCC2)cc1. The van der Waals surface area contributed by atoms with Crippen molar-refractivity contribution in [3.63, 3.8) is 0 Å². The summed E-state index contributed by atoms with van der Waals surface area (Å²) in [5.41, 5.74) is 4.08. The molecule has 2 aromatic carbocycles. The molecule has 0 radical (unpaired) electrons. The van der Waals surface area contributed by atoms with Gasteiger partial charge in [0, 0.05) is 48.9 Å². The van der Waals surface area contributed by atoms with Crippen LogP contribution in [0.15, 0.2) is 48.5 Å². The summed E-state index contributed by atoms with van der Waals surface area (Å²) in [6.07, 6.45) is 6.38. The van der Waals surface area contributed by atoms with Gasteiger partial charge in [-0.05, 0) is 80.6 Å². The van der Waals surface area contributed by atoms with Crippen LogP contribution in [-0.2, 0) is 0 Å². The molecule has 0 unspecified atom stereocenters. The minimum atomic E-state index is -0.213. The Morgan fingerprint density at radius 1 is 0.593 bits per heavy atom. The molecule has 0 bridgehead atoms. The van der Waals surface area contributed by atoms with Crippen LogP contribution >= 0.6 is 0 Å².